The summed E-state index contributed by atoms with van der Waals surface area (Å²) in [6.45, 7) is 0.300. The van der Waals surface area contributed by atoms with Crippen molar-refractivity contribution in [3.8, 4) is 0 Å². The molecular formula is C12H16N2O3. The molecule has 0 saturated heterocycles. The van der Waals surface area contributed by atoms with Crippen molar-refractivity contribution in [2.24, 2.45) is 11.5 Å². The summed E-state index contributed by atoms with van der Waals surface area (Å²) in [7, 11) is 0. The van der Waals surface area contributed by atoms with E-state index in [-0.39, 0.29) is 6.42 Å². The molecule has 0 aliphatic heterocycles. The van der Waals surface area contributed by atoms with Crippen LogP contribution in [0.2, 0.25) is 0 Å². The molecule has 0 saturated carbocycles. The van der Waals surface area contributed by atoms with Crippen molar-refractivity contribution in [2.45, 2.75) is 18.4 Å². The Balaban J connectivity index is 2.99. The lowest BCUT2D eigenvalue weighted by atomic mass is 9.86. The molecular weight excluding hydrogens is 220 g/mol. The van der Waals surface area contributed by atoms with Crippen LogP contribution < -0.4 is 11.5 Å². The van der Waals surface area contributed by atoms with Gasteiger partial charge >= 0.3 is 5.97 Å². The van der Waals surface area contributed by atoms with Crippen LogP contribution >= 0.6 is 0 Å². The van der Waals surface area contributed by atoms with E-state index in [2.05, 4.69) is 0 Å². The SMILES string of the molecule is NCCC[C@](N)(C(=O)O)C(=O)c1ccccc1. The predicted octanol–water partition coefficient (Wildman–Crippen LogP) is 0.390. The molecule has 0 unspecified atom stereocenters. The highest BCUT2D eigenvalue weighted by Crippen LogP contribution is 2.17. The van der Waals surface area contributed by atoms with E-state index in [0.717, 1.165) is 0 Å². The standard InChI is InChI=1S/C12H16N2O3/c13-8-4-7-12(14,11(16)17)10(15)9-5-2-1-3-6-9/h1-3,5-6H,4,7-8,13-14H2,(H,16,17)/t12-/m1/s1. The normalized spacial score (nSPS) is 14.0. The van der Waals surface area contributed by atoms with Crippen molar-refractivity contribution >= 4 is 11.8 Å². The number of carbonyl (C=O) groups is 2. The summed E-state index contributed by atoms with van der Waals surface area (Å²) < 4.78 is 0. The number of rotatable bonds is 6. The number of ketones is 1. The summed E-state index contributed by atoms with van der Waals surface area (Å²) in [6.07, 6.45) is 0.425. The average molecular weight is 236 g/mol. The van der Waals surface area contributed by atoms with Gasteiger partial charge in [0.1, 0.15) is 0 Å². The summed E-state index contributed by atoms with van der Waals surface area (Å²) in [5.74, 6) is -1.90. The van der Waals surface area contributed by atoms with Crippen molar-refractivity contribution in [1.29, 1.82) is 0 Å². The number of carboxylic acids is 1. The van der Waals surface area contributed by atoms with E-state index in [1.807, 2.05) is 0 Å². The van der Waals surface area contributed by atoms with Crippen LogP contribution in [0.3, 0.4) is 0 Å². The van der Waals surface area contributed by atoms with Crippen LogP contribution in [0.5, 0.6) is 0 Å². The number of hydrogen-bond acceptors (Lipinski definition) is 4. The fourth-order valence-electron chi connectivity index (χ4n) is 1.55. The maximum Gasteiger partial charge on any atom is 0.331 e. The Hall–Kier alpha value is -1.72. The minimum Gasteiger partial charge on any atom is -0.480 e. The zero-order valence-electron chi connectivity index (χ0n) is 9.43. The van der Waals surface area contributed by atoms with Crippen LogP contribution in [0.15, 0.2) is 30.3 Å². The number of hydrogen-bond donors (Lipinski definition) is 3. The van der Waals surface area contributed by atoms with E-state index >= 15 is 0 Å². The maximum absolute atomic E-state index is 12.1. The van der Waals surface area contributed by atoms with Gasteiger partial charge in [-0.3, -0.25) is 4.79 Å². The molecule has 17 heavy (non-hydrogen) atoms. The Kier molecular flexibility index (Phi) is 4.37. The minimum absolute atomic E-state index is 0.0343. The first-order valence-electron chi connectivity index (χ1n) is 5.34. The fraction of sp³-hybridized carbons (Fsp3) is 0.333. The molecule has 1 atom stereocenters. The Labute approximate surface area is 99.4 Å². The van der Waals surface area contributed by atoms with Gasteiger partial charge in [-0.1, -0.05) is 30.3 Å². The maximum atomic E-state index is 12.1. The topological polar surface area (TPSA) is 106 Å². The largest absolute Gasteiger partial charge is 0.480 e. The minimum atomic E-state index is -1.89. The van der Waals surface area contributed by atoms with Gasteiger partial charge in [-0.05, 0) is 19.4 Å². The second kappa shape index (κ2) is 5.56. The van der Waals surface area contributed by atoms with E-state index < -0.39 is 17.3 Å². The van der Waals surface area contributed by atoms with Crippen molar-refractivity contribution in [3.63, 3.8) is 0 Å². The van der Waals surface area contributed by atoms with Crippen molar-refractivity contribution in [3.05, 3.63) is 35.9 Å². The molecule has 0 spiro atoms. The number of Topliss-reactive ketones (excluding diaryl/α,β-unsaturated/α-hetero) is 1. The van der Waals surface area contributed by atoms with Crippen LogP contribution in [0.25, 0.3) is 0 Å². The molecule has 0 fully saturated rings. The average Bonchev–Trinajstić information content (AvgIpc) is 2.35. The molecule has 1 aromatic rings. The number of benzene rings is 1. The molecule has 5 heteroatoms. The third kappa shape index (κ3) is 2.89. The lowest BCUT2D eigenvalue weighted by Crippen LogP contribution is -2.55. The zero-order valence-corrected chi connectivity index (χ0v) is 9.43. The van der Waals surface area contributed by atoms with Gasteiger partial charge in [0.05, 0.1) is 0 Å². The van der Waals surface area contributed by atoms with Gasteiger partial charge in [0.2, 0.25) is 0 Å². The van der Waals surface area contributed by atoms with Crippen LogP contribution in [0.1, 0.15) is 23.2 Å². The molecule has 5 nitrogen and oxygen atoms in total. The van der Waals surface area contributed by atoms with E-state index in [1.54, 1.807) is 30.3 Å². The molecule has 92 valence electrons. The Morgan fingerprint density at radius 1 is 1.24 bits per heavy atom. The predicted molar refractivity (Wildman–Crippen MR) is 63.6 cm³/mol. The molecule has 0 radical (unpaired) electrons. The summed E-state index contributed by atoms with van der Waals surface area (Å²) in [5.41, 5.74) is 9.42. The third-order valence-corrected chi connectivity index (χ3v) is 2.60. The Morgan fingerprint density at radius 3 is 2.29 bits per heavy atom. The van der Waals surface area contributed by atoms with Gasteiger partial charge < -0.3 is 16.6 Å². The highest BCUT2D eigenvalue weighted by atomic mass is 16.4. The van der Waals surface area contributed by atoms with Crippen LogP contribution in [0, 0.1) is 0 Å². The Bertz CT molecular complexity index is 405. The lowest BCUT2D eigenvalue weighted by Gasteiger charge is -2.22. The molecule has 0 bridgehead atoms. The smallest absolute Gasteiger partial charge is 0.331 e. The zero-order chi connectivity index (χ0) is 12.9. The molecule has 5 N–H and O–H groups in total. The van der Waals surface area contributed by atoms with Gasteiger partial charge in [0.25, 0.3) is 0 Å². The van der Waals surface area contributed by atoms with Crippen LogP contribution in [-0.2, 0) is 4.79 Å². The molecule has 0 heterocycles. The summed E-state index contributed by atoms with van der Waals surface area (Å²) in [6, 6.07) is 8.18. The van der Waals surface area contributed by atoms with Gasteiger partial charge in [-0.2, -0.15) is 0 Å². The molecule has 0 aliphatic rings. The first-order chi connectivity index (χ1) is 8.02. The molecule has 0 aromatic heterocycles. The van der Waals surface area contributed by atoms with Crippen molar-refractivity contribution in [2.75, 3.05) is 6.54 Å². The second-order valence-corrected chi connectivity index (χ2v) is 3.86. The highest BCUT2D eigenvalue weighted by molar-refractivity contribution is 6.15. The van der Waals surface area contributed by atoms with E-state index in [1.165, 1.54) is 0 Å². The molecule has 1 aromatic carbocycles. The van der Waals surface area contributed by atoms with E-state index in [9.17, 15) is 9.59 Å². The number of aliphatic carboxylic acids is 1. The summed E-state index contributed by atoms with van der Waals surface area (Å²) in [4.78, 5) is 23.2. The molecule has 1 rings (SSSR count). The monoisotopic (exact) mass is 236 g/mol. The van der Waals surface area contributed by atoms with Crippen molar-refractivity contribution < 1.29 is 14.7 Å². The number of nitrogens with two attached hydrogens (primary N) is 2. The first kappa shape index (κ1) is 13.3. The van der Waals surface area contributed by atoms with Gasteiger partial charge in [0, 0.05) is 5.56 Å². The Morgan fingerprint density at radius 2 is 1.82 bits per heavy atom. The van der Waals surface area contributed by atoms with E-state index in [4.69, 9.17) is 16.6 Å². The first-order valence-corrected chi connectivity index (χ1v) is 5.34. The van der Waals surface area contributed by atoms with Gasteiger partial charge in [0.15, 0.2) is 11.3 Å². The second-order valence-electron chi connectivity index (χ2n) is 3.86. The quantitative estimate of drug-likeness (QED) is 0.489. The fourth-order valence-corrected chi connectivity index (χ4v) is 1.55. The third-order valence-electron chi connectivity index (χ3n) is 2.60. The summed E-state index contributed by atoms with van der Waals surface area (Å²) in [5, 5.41) is 9.10. The number of carboxylic acid groups (broad SMARTS) is 1. The highest BCUT2D eigenvalue weighted by Gasteiger charge is 2.41. The van der Waals surface area contributed by atoms with E-state index in [0.29, 0.717) is 18.5 Å². The van der Waals surface area contributed by atoms with Crippen molar-refractivity contribution in [1.82, 2.24) is 0 Å². The number of carbonyl (C=O) groups excluding carboxylic acids is 1. The molecule has 0 aliphatic carbocycles. The van der Waals surface area contributed by atoms with Gasteiger partial charge in [-0.25, -0.2) is 4.79 Å². The van der Waals surface area contributed by atoms with Crippen LogP contribution in [-0.4, -0.2) is 28.9 Å². The van der Waals surface area contributed by atoms with Crippen LogP contribution in [0.4, 0.5) is 0 Å². The summed E-state index contributed by atoms with van der Waals surface area (Å²) >= 11 is 0. The molecule has 0 amide bonds. The van der Waals surface area contributed by atoms with Gasteiger partial charge in [-0.15, -0.1) is 0 Å². The lowest BCUT2D eigenvalue weighted by molar-refractivity contribution is -0.141.